The van der Waals surface area contributed by atoms with Crippen LogP contribution in [0.25, 0.3) is 22.1 Å². The van der Waals surface area contributed by atoms with E-state index in [9.17, 15) is 20.1 Å². The van der Waals surface area contributed by atoms with Gasteiger partial charge in [0, 0.05) is 11.1 Å². The molecule has 0 aliphatic rings. The molecule has 0 aliphatic carbocycles. The van der Waals surface area contributed by atoms with Gasteiger partial charge >= 0.3 is 0 Å². The third-order valence-electron chi connectivity index (χ3n) is 5.28. The molecule has 3 aromatic rings. The maximum Gasteiger partial charge on any atom is 0.204 e. The van der Waals surface area contributed by atoms with Crippen LogP contribution in [0.2, 0.25) is 0 Å². The molecular formula is C26H28O6. The van der Waals surface area contributed by atoms with Crippen LogP contribution in [0, 0.1) is 0 Å². The predicted octanol–water partition coefficient (Wildman–Crippen LogP) is 5.60. The summed E-state index contributed by atoms with van der Waals surface area (Å²) in [5, 5.41) is 32.1. The molecule has 0 saturated heterocycles. The molecule has 0 atom stereocenters. The quantitative estimate of drug-likeness (QED) is 0.435. The van der Waals surface area contributed by atoms with Crippen molar-refractivity contribution in [2.75, 3.05) is 7.11 Å². The van der Waals surface area contributed by atoms with Gasteiger partial charge in [-0.3, -0.25) is 4.79 Å². The summed E-state index contributed by atoms with van der Waals surface area (Å²) >= 11 is 0. The molecule has 6 heteroatoms. The number of allylic oxidation sites excluding steroid dienone is 4. The number of benzene rings is 2. The van der Waals surface area contributed by atoms with Gasteiger partial charge < -0.3 is 24.5 Å². The molecule has 168 valence electrons. The summed E-state index contributed by atoms with van der Waals surface area (Å²) in [6.07, 6.45) is 5.69. The Bertz CT molecular complexity index is 1290. The molecular weight excluding hydrogens is 408 g/mol. The summed E-state index contributed by atoms with van der Waals surface area (Å²) in [4.78, 5) is 13.5. The first-order valence-corrected chi connectivity index (χ1v) is 10.3. The fraction of sp³-hybridized carbons (Fsp3) is 0.269. The molecule has 0 unspecified atom stereocenters. The van der Waals surface area contributed by atoms with Crippen molar-refractivity contribution in [1.29, 1.82) is 0 Å². The van der Waals surface area contributed by atoms with Crippen LogP contribution in [0.15, 0.2) is 57.0 Å². The zero-order valence-electron chi connectivity index (χ0n) is 18.9. The second kappa shape index (κ2) is 9.22. The molecule has 1 heterocycles. The monoisotopic (exact) mass is 436 g/mol. The van der Waals surface area contributed by atoms with E-state index in [1.54, 1.807) is 12.1 Å². The molecule has 3 N–H and O–H groups in total. The number of phenolic OH excluding ortho intramolecular Hbond substituents is 3. The number of hydrogen-bond acceptors (Lipinski definition) is 6. The van der Waals surface area contributed by atoms with Gasteiger partial charge in [0.05, 0.1) is 12.7 Å². The molecule has 0 bridgehead atoms. The zero-order chi connectivity index (χ0) is 23.6. The summed E-state index contributed by atoms with van der Waals surface area (Å²) in [6, 6.07) is 4.58. The molecule has 3 rings (SSSR count). The molecule has 0 amide bonds. The van der Waals surface area contributed by atoms with Crippen molar-refractivity contribution < 1.29 is 24.5 Å². The van der Waals surface area contributed by atoms with E-state index in [-0.39, 0.29) is 51.5 Å². The largest absolute Gasteiger partial charge is 0.507 e. The minimum atomic E-state index is -0.454. The van der Waals surface area contributed by atoms with Crippen LogP contribution >= 0.6 is 0 Å². The first-order chi connectivity index (χ1) is 15.1. The van der Waals surface area contributed by atoms with Crippen LogP contribution in [0.4, 0.5) is 0 Å². The van der Waals surface area contributed by atoms with Crippen LogP contribution in [0.1, 0.15) is 38.8 Å². The molecule has 0 aliphatic heterocycles. The van der Waals surface area contributed by atoms with E-state index in [1.807, 2.05) is 39.8 Å². The summed E-state index contributed by atoms with van der Waals surface area (Å²) in [5.74, 6) is -0.222. The lowest BCUT2D eigenvalue weighted by molar-refractivity contribution is 0.373. The van der Waals surface area contributed by atoms with Gasteiger partial charge in [0.2, 0.25) is 5.43 Å². The third-order valence-corrected chi connectivity index (χ3v) is 5.28. The third kappa shape index (κ3) is 4.35. The van der Waals surface area contributed by atoms with Gasteiger partial charge in [-0.25, -0.2) is 0 Å². The van der Waals surface area contributed by atoms with Gasteiger partial charge in [-0.1, -0.05) is 29.4 Å². The molecule has 1 aromatic heterocycles. The van der Waals surface area contributed by atoms with Gasteiger partial charge in [-0.05, 0) is 58.2 Å². The van der Waals surface area contributed by atoms with Crippen molar-refractivity contribution in [3.8, 4) is 34.1 Å². The Labute approximate surface area is 186 Å². The smallest absolute Gasteiger partial charge is 0.204 e. The van der Waals surface area contributed by atoms with Crippen molar-refractivity contribution >= 4 is 11.0 Å². The minimum Gasteiger partial charge on any atom is -0.507 e. The highest BCUT2D eigenvalue weighted by Gasteiger charge is 2.23. The van der Waals surface area contributed by atoms with E-state index >= 15 is 0 Å². The zero-order valence-corrected chi connectivity index (χ0v) is 18.9. The first-order valence-electron chi connectivity index (χ1n) is 10.3. The van der Waals surface area contributed by atoms with Crippen LogP contribution in [0.5, 0.6) is 23.0 Å². The number of ether oxygens (including phenoxy) is 1. The van der Waals surface area contributed by atoms with E-state index < -0.39 is 5.43 Å². The van der Waals surface area contributed by atoms with Gasteiger partial charge in [0.15, 0.2) is 11.5 Å². The Morgan fingerprint density at radius 3 is 2.16 bits per heavy atom. The fourth-order valence-corrected chi connectivity index (χ4v) is 3.51. The average Bonchev–Trinajstić information content (AvgIpc) is 2.73. The normalized spacial score (nSPS) is 10.8. The number of phenols is 3. The SMILES string of the molecule is COc1ccc(-c2coc3c(CC=C(C)C)c(O)c(CC=C(C)C)c(O)c3c2=O)cc1O. The molecule has 0 fully saturated rings. The second-order valence-electron chi connectivity index (χ2n) is 8.19. The summed E-state index contributed by atoms with van der Waals surface area (Å²) in [7, 11) is 1.44. The van der Waals surface area contributed by atoms with Gasteiger partial charge in [-0.15, -0.1) is 0 Å². The molecule has 2 aromatic carbocycles. The molecule has 0 radical (unpaired) electrons. The molecule has 6 nitrogen and oxygen atoms in total. The number of methoxy groups -OCH3 is 1. The molecule has 0 spiro atoms. The average molecular weight is 437 g/mol. The lowest BCUT2D eigenvalue weighted by Crippen LogP contribution is -2.08. The summed E-state index contributed by atoms with van der Waals surface area (Å²) in [5.41, 5.74) is 3.07. The lowest BCUT2D eigenvalue weighted by atomic mass is 9.95. The second-order valence-corrected chi connectivity index (χ2v) is 8.19. The molecule has 0 saturated carbocycles. The highest BCUT2D eigenvalue weighted by atomic mass is 16.5. The Morgan fingerprint density at radius 2 is 1.59 bits per heavy atom. The minimum absolute atomic E-state index is 0.00456. The summed E-state index contributed by atoms with van der Waals surface area (Å²) < 4.78 is 10.9. The standard InChI is InChI=1S/C26H28O6/c1-14(2)6-9-17-23(28)18(10-7-15(3)4)26-22(24(17)29)25(30)19(13-32-26)16-8-11-21(31-5)20(27)12-16/h6-8,11-13,27-29H,9-10H2,1-5H3. The summed E-state index contributed by atoms with van der Waals surface area (Å²) in [6.45, 7) is 7.71. The Balaban J connectivity index is 2.34. The first kappa shape index (κ1) is 23.0. The fourth-order valence-electron chi connectivity index (χ4n) is 3.51. The highest BCUT2D eigenvalue weighted by Crippen LogP contribution is 2.41. The van der Waals surface area contributed by atoms with Gasteiger partial charge in [-0.2, -0.15) is 0 Å². The van der Waals surface area contributed by atoms with Crippen molar-refractivity contribution in [2.24, 2.45) is 0 Å². The van der Waals surface area contributed by atoms with Crippen LogP contribution in [0.3, 0.4) is 0 Å². The maximum absolute atomic E-state index is 13.5. The molecule has 32 heavy (non-hydrogen) atoms. The Hall–Kier alpha value is -3.67. The van der Waals surface area contributed by atoms with Gasteiger partial charge in [0.25, 0.3) is 0 Å². The van der Waals surface area contributed by atoms with E-state index in [4.69, 9.17) is 9.15 Å². The van der Waals surface area contributed by atoms with E-state index in [0.29, 0.717) is 17.5 Å². The Kier molecular flexibility index (Phi) is 6.63. The van der Waals surface area contributed by atoms with Crippen LogP contribution < -0.4 is 10.2 Å². The topological polar surface area (TPSA) is 100 Å². The number of hydrogen-bond donors (Lipinski definition) is 3. The van der Waals surface area contributed by atoms with Crippen LogP contribution in [-0.2, 0) is 12.8 Å². The van der Waals surface area contributed by atoms with Crippen LogP contribution in [-0.4, -0.2) is 22.4 Å². The van der Waals surface area contributed by atoms with E-state index in [1.165, 1.54) is 19.4 Å². The van der Waals surface area contributed by atoms with E-state index in [2.05, 4.69) is 0 Å². The van der Waals surface area contributed by atoms with Crippen molar-refractivity contribution in [3.63, 3.8) is 0 Å². The predicted molar refractivity (Wildman–Crippen MR) is 126 cm³/mol. The van der Waals surface area contributed by atoms with Crippen molar-refractivity contribution in [3.05, 3.63) is 69.1 Å². The Morgan fingerprint density at radius 1 is 0.969 bits per heavy atom. The van der Waals surface area contributed by atoms with Gasteiger partial charge in [0.1, 0.15) is 28.7 Å². The lowest BCUT2D eigenvalue weighted by Gasteiger charge is -2.15. The number of rotatable bonds is 6. The number of aromatic hydroxyl groups is 3. The van der Waals surface area contributed by atoms with Crippen molar-refractivity contribution in [2.45, 2.75) is 40.5 Å². The number of fused-ring (bicyclic) bond motifs is 1. The van der Waals surface area contributed by atoms with E-state index in [0.717, 1.165) is 11.1 Å². The maximum atomic E-state index is 13.5. The van der Waals surface area contributed by atoms with Crippen molar-refractivity contribution in [1.82, 2.24) is 0 Å². The highest BCUT2D eigenvalue weighted by molar-refractivity contribution is 5.92.